The normalized spacial score (nSPS) is 21.2. The van der Waals surface area contributed by atoms with Gasteiger partial charge in [-0.25, -0.2) is 4.79 Å². The molecule has 2 atom stereocenters. The van der Waals surface area contributed by atoms with Crippen molar-refractivity contribution in [2.45, 2.75) is 31.8 Å². The minimum Gasteiger partial charge on any atom is -0.493 e. The molecule has 5 nitrogen and oxygen atoms in total. The lowest BCUT2D eigenvalue weighted by Gasteiger charge is -2.28. The number of nitrogens with zero attached hydrogens (tertiary/aromatic N) is 1. The maximum atomic E-state index is 11.5. The molecular weight excluding hydrogens is 270 g/mol. The van der Waals surface area contributed by atoms with Gasteiger partial charge in [0, 0.05) is 0 Å². The molecule has 112 valence electrons. The highest BCUT2D eigenvalue weighted by Gasteiger charge is 2.27. The largest absolute Gasteiger partial charge is 0.493 e. The Bertz CT molecular complexity index is 550. The molecular formula is C16H19NO4. The second-order valence-electron chi connectivity index (χ2n) is 5.03. The fraction of sp³-hybridized carbons (Fsp3) is 0.500. The highest BCUT2D eigenvalue weighted by atomic mass is 16.5. The Kier molecular flexibility index (Phi) is 5.04. The van der Waals surface area contributed by atoms with Gasteiger partial charge in [0.25, 0.3) is 0 Å². The maximum absolute atomic E-state index is 11.5. The third kappa shape index (κ3) is 3.46. The van der Waals surface area contributed by atoms with E-state index < -0.39 is 5.97 Å². The highest BCUT2D eigenvalue weighted by molar-refractivity contribution is 5.90. The molecule has 0 spiro atoms. The molecule has 0 N–H and O–H groups in total. The number of benzene rings is 1. The number of methoxy groups -OCH3 is 2. The van der Waals surface area contributed by atoms with Crippen LogP contribution in [0.3, 0.4) is 0 Å². The predicted molar refractivity (Wildman–Crippen MR) is 76.3 cm³/mol. The highest BCUT2D eigenvalue weighted by Crippen LogP contribution is 2.33. The number of carbonyl (C=O) groups excluding carboxylic acids is 1. The van der Waals surface area contributed by atoms with E-state index in [-0.39, 0.29) is 12.0 Å². The molecule has 0 saturated heterocycles. The number of esters is 1. The summed E-state index contributed by atoms with van der Waals surface area (Å²) >= 11 is 0. The van der Waals surface area contributed by atoms with Crippen molar-refractivity contribution in [3.8, 4) is 17.6 Å². The van der Waals surface area contributed by atoms with Crippen LogP contribution in [-0.4, -0.2) is 26.3 Å². The molecule has 0 aliphatic heterocycles. The monoisotopic (exact) mass is 289 g/mol. The molecule has 0 heterocycles. The molecule has 1 saturated carbocycles. The van der Waals surface area contributed by atoms with Crippen molar-refractivity contribution in [3.05, 3.63) is 23.8 Å². The van der Waals surface area contributed by atoms with Crippen LogP contribution in [-0.2, 0) is 4.74 Å². The van der Waals surface area contributed by atoms with E-state index in [9.17, 15) is 10.1 Å². The van der Waals surface area contributed by atoms with Crippen molar-refractivity contribution in [3.63, 3.8) is 0 Å². The minimum absolute atomic E-state index is 0.0938. The number of hydrogen-bond donors (Lipinski definition) is 0. The van der Waals surface area contributed by atoms with Crippen LogP contribution in [0.2, 0.25) is 0 Å². The van der Waals surface area contributed by atoms with Crippen molar-refractivity contribution < 1.29 is 19.0 Å². The summed E-state index contributed by atoms with van der Waals surface area (Å²) in [5.74, 6) is 0.508. The molecule has 1 fully saturated rings. The Morgan fingerprint density at radius 2 is 2.00 bits per heavy atom. The second kappa shape index (κ2) is 6.98. The van der Waals surface area contributed by atoms with Crippen molar-refractivity contribution in [1.29, 1.82) is 5.26 Å². The second-order valence-corrected chi connectivity index (χ2v) is 5.03. The van der Waals surface area contributed by atoms with Crippen LogP contribution in [0.5, 0.6) is 11.5 Å². The SMILES string of the molecule is COC(=O)c1ccc(OC2CCCCC2C#N)c(OC)c1. The molecule has 5 heteroatoms. The molecule has 2 rings (SSSR count). The summed E-state index contributed by atoms with van der Waals surface area (Å²) in [5, 5.41) is 9.19. The Morgan fingerprint density at radius 3 is 2.67 bits per heavy atom. The van der Waals surface area contributed by atoms with Crippen molar-refractivity contribution in [2.24, 2.45) is 5.92 Å². The van der Waals surface area contributed by atoms with E-state index in [1.54, 1.807) is 18.2 Å². The van der Waals surface area contributed by atoms with Gasteiger partial charge in [-0.1, -0.05) is 6.42 Å². The predicted octanol–water partition coefficient (Wildman–Crippen LogP) is 2.94. The molecule has 0 aromatic heterocycles. The van der Waals surface area contributed by atoms with Gasteiger partial charge in [0.05, 0.1) is 31.8 Å². The van der Waals surface area contributed by atoms with E-state index in [0.29, 0.717) is 17.1 Å². The Hall–Kier alpha value is -2.22. The molecule has 0 bridgehead atoms. The number of nitriles is 1. The summed E-state index contributed by atoms with van der Waals surface area (Å²) in [6.07, 6.45) is 3.73. The zero-order chi connectivity index (χ0) is 15.2. The van der Waals surface area contributed by atoms with Crippen LogP contribution in [0.4, 0.5) is 0 Å². The van der Waals surface area contributed by atoms with Gasteiger partial charge in [-0.3, -0.25) is 0 Å². The number of carbonyl (C=O) groups is 1. The number of ether oxygens (including phenoxy) is 3. The summed E-state index contributed by atoms with van der Waals surface area (Å²) in [7, 11) is 2.85. The summed E-state index contributed by atoms with van der Waals surface area (Å²) < 4.78 is 15.9. The van der Waals surface area contributed by atoms with E-state index in [0.717, 1.165) is 25.7 Å². The van der Waals surface area contributed by atoms with E-state index in [2.05, 4.69) is 10.8 Å². The van der Waals surface area contributed by atoms with Gasteiger partial charge in [0.1, 0.15) is 6.10 Å². The van der Waals surface area contributed by atoms with Gasteiger partial charge in [0.15, 0.2) is 11.5 Å². The fourth-order valence-electron chi connectivity index (χ4n) is 2.56. The Morgan fingerprint density at radius 1 is 1.24 bits per heavy atom. The number of rotatable bonds is 4. The zero-order valence-corrected chi connectivity index (χ0v) is 12.3. The molecule has 1 aliphatic rings. The quantitative estimate of drug-likeness (QED) is 0.797. The molecule has 1 aromatic rings. The summed E-state index contributed by atoms with van der Waals surface area (Å²) in [5.41, 5.74) is 0.405. The molecule has 21 heavy (non-hydrogen) atoms. The van der Waals surface area contributed by atoms with Crippen LogP contribution < -0.4 is 9.47 Å². The topological polar surface area (TPSA) is 68.5 Å². The van der Waals surface area contributed by atoms with E-state index in [1.165, 1.54) is 14.2 Å². The minimum atomic E-state index is -0.424. The van der Waals surface area contributed by atoms with Crippen LogP contribution in [0.1, 0.15) is 36.0 Å². The van der Waals surface area contributed by atoms with Gasteiger partial charge in [-0.2, -0.15) is 5.26 Å². The molecule has 0 amide bonds. The van der Waals surface area contributed by atoms with Crippen molar-refractivity contribution in [2.75, 3.05) is 14.2 Å². The van der Waals surface area contributed by atoms with Gasteiger partial charge >= 0.3 is 5.97 Å². The van der Waals surface area contributed by atoms with Gasteiger partial charge in [0.2, 0.25) is 0 Å². The van der Waals surface area contributed by atoms with E-state index >= 15 is 0 Å². The van der Waals surface area contributed by atoms with E-state index in [1.807, 2.05) is 0 Å². The smallest absolute Gasteiger partial charge is 0.337 e. The van der Waals surface area contributed by atoms with Crippen LogP contribution >= 0.6 is 0 Å². The molecule has 1 aromatic carbocycles. The average Bonchev–Trinajstić information content (AvgIpc) is 2.54. The van der Waals surface area contributed by atoms with Crippen molar-refractivity contribution >= 4 is 5.97 Å². The average molecular weight is 289 g/mol. The third-order valence-electron chi connectivity index (χ3n) is 3.73. The number of hydrogen-bond acceptors (Lipinski definition) is 5. The third-order valence-corrected chi connectivity index (χ3v) is 3.73. The maximum Gasteiger partial charge on any atom is 0.337 e. The standard InChI is InChI=1S/C16H19NO4/c1-19-15-9-11(16(18)20-2)7-8-14(15)21-13-6-4-3-5-12(13)10-17/h7-9,12-13H,3-6H2,1-2H3. The lowest BCUT2D eigenvalue weighted by Crippen LogP contribution is -2.29. The van der Waals surface area contributed by atoms with Crippen molar-refractivity contribution in [1.82, 2.24) is 0 Å². The first-order valence-electron chi connectivity index (χ1n) is 7.02. The first-order valence-corrected chi connectivity index (χ1v) is 7.02. The van der Waals surface area contributed by atoms with Gasteiger partial charge in [-0.15, -0.1) is 0 Å². The van der Waals surface area contributed by atoms with E-state index in [4.69, 9.17) is 9.47 Å². The molecule has 0 radical (unpaired) electrons. The Labute approximate surface area is 124 Å². The van der Waals surface area contributed by atoms with Crippen LogP contribution in [0.25, 0.3) is 0 Å². The van der Waals surface area contributed by atoms with Gasteiger partial charge in [-0.05, 0) is 37.5 Å². The van der Waals surface area contributed by atoms with Crippen LogP contribution in [0.15, 0.2) is 18.2 Å². The molecule has 1 aliphatic carbocycles. The Balaban J connectivity index is 2.19. The molecule has 2 unspecified atom stereocenters. The zero-order valence-electron chi connectivity index (χ0n) is 12.3. The lowest BCUT2D eigenvalue weighted by molar-refractivity contribution is 0.0600. The summed E-state index contributed by atoms with van der Waals surface area (Å²) in [4.78, 5) is 11.5. The summed E-state index contributed by atoms with van der Waals surface area (Å²) in [6.45, 7) is 0. The summed E-state index contributed by atoms with van der Waals surface area (Å²) in [6, 6.07) is 7.22. The first-order chi connectivity index (χ1) is 10.2. The first kappa shape index (κ1) is 15.2. The fourth-order valence-corrected chi connectivity index (χ4v) is 2.56. The lowest BCUT2D eigenvalue weighted by atomic mass is 9.87. The van der Waals surface area contributed by atoms with Gasteiger partial charge < -0.3 is 14.2 Å². The van der Waals surface area contributed by atoms with Crippen LogP contribution in [0, 0.1) is 17.2 Å².